The first-order valence-corrected chi connectivity index (χ1v) is 11.1. The minimum Gasteiger partial charge on any atom is -0.329 e. The van der Waals surface area contributed by atoms with Crippen LogP contribution in [-0.4, -0.2) is 34.8 Å². The van der Waals surface area contributed by atoms with Gasteiger partial charge < -0.3 is 9.80 Å². The summed E-state index contributed by atoms with van der Waals surface area (Å²) >= 11 is 1.69. The minimum atomic E-state index is 0.0192. The van der Waals surface area contributed by atoms with E-state index in [1.165, 1.54) is 0 Å². The van der Waals surface area contributed by atoms with Crippen LogP contribution >= 0.6 is 11.3 Å². The van der Waals surface area contributed by atoms with Crippen molar-refractivity contribution in [1.82, 2.24) is 9.88 Å². The zero-order valence-electron chi connectivity index (χ0n) is 16.2. The van der Waals surface area contributed by atoms with Crippen molar-refractivity contribution in [1.29, 1.82) is 0 Å². The number of carbonyl (C=O) groups is 2. The van der Waals surface area contributed by atoms with Gasteiger partial charge in [-0.05, 0) is 56.0 Å². The van der Waals surface area contributed by atoms with Crippen molar-refractivity contribution < 1.29 is 9.59 Å². The van der Waals surface area contributed by atoms with Crippen molar-refractivity contribution in [2.24, 2.45) is 0 Å². The standard InChI is InChI=1S/C23H23N3O2S/c27-21-12-6-14-25(21)17-8-5-7-16(15-17)23(28)26-13-4-3-10-19(26)22-24-18-9-1-2-11-20(18)29-22/h1-2,5,7-9,11,15,19H,3-4,6,10,12-14H2. The van der Waals surface area contributed by atoms with Gasteiger partial charge in [0, 0.05) is 30.8 Å². The lowest BCUT2D eigenvalue weighted by molar-refractivity contribution is -0.117. The molecule has 5 nitrogen and oxygen atoms in total. The number of likely N-dealkylation sites (tertiary alicyclic amines) is 1. The van der Waals surface area contributed by atoms with Crippen LogP contribution in [0.15, 0.2) is 48.5 Å². The van der Waals surface area contributed by atoms with Crippen LogP contribution in [0.25, 0.3) is 10.2 Å². The summed E-state index contributed by atoms with van der Waals surface area (Å²) in [6.45, 7) is 1.47. The molecule has 29 heavy (non-hydrogen) atoms. The zero-order chi connectivity index (χ0) is 19.8. The van der Waals surface area contributed by atoms with Gasteiger partial charge in [-0.2, -0.15) is 0 Å². The lowest BCUT2D eigenvalue weighted by Gasteiger charge is -2.34. The molecular weight excluding hydrogens is 382 g/mol. The van der Waals surface area contributed by atoms with Crippen molar-refractivity contribution in [3.05, 3.63) is 59.1 Å². The Morgan fingerprint density at radius 1 is 1.03 bits per heavy atom. The number of para-hydroxylation sites is 1. The number of nitrogens with zero attached hydrogens (tertiary/aromatic N) is 3. The van der Waals surface area contributed by atoms with Crippen LogP contribution in [0.1, 0.15) is 53.5 Å². The van der Waals surface area contributed by atoms with Crippen LogP contribution in [0.5, 0.6) is 0 Å². The van der Waals surface area contributed by atoms with E-state index in [0.717, 1.165) is 59.7 Å². The van der Waals surface area contributed by atoms with Gasteiger partial charge in [-0.25, -0.2) is 4.98 Å². The van der Waals surface area contributed by atoms with Crippen molar-refractivity contribution >= 4 is 39.1 Å². The Labute approximate surface area is 174 Å². The number of aromatic nitrogens is 1. The van der Waals surface area contributed by atoms with E-state index in [9.17, 15) is 9.59 Å². The molecule has 6 heteroatoms. The summed E-state index contributed by atoms with van der Waals surface area (Å²) in [4.78, 5) is 34.1. The van der Waals surface area contributed by atoms with E-state index in [1.807, 2.05) is 47.4 Å². The van der Waals surface area contributed by atoms with Gasteiger partial charge in [-0.3, -0.25) is 9.59 Å². The van der Waals surface area contributed by atoms with Crippen LogP contribution in [0.4, 0.5) is 5.69 Å². The second-order valence-electron chi connectivity index (χ2n) is 7.73. The van der Waals surface area contributed by atoms with E-state index < -0.39 is 0 Å². The van der Waals surface area contributed by atoms with E-state index in [1.54, 1.807) is 16.2 Å². The Kier molecular flexibility index (Phi) is 4.79. The minimum absolute atomic E-state index is 0.0192. The first-order valence-electron chi connectivity index (χ1n) is 10.3. The molecule has 3 aromatic rings. The first kappa shape index (κ1) is 18.3. The third-order valence-electron chi connectivity index (χ3n) is 5.84. The molecule has 2 saturated heterocycles. The number of fused-ring (bicyclic) bond motifs is 1. The lowest BCUT2D eigenvalue weighted by Crippen LogP contribution is -2.38. The van der Waals surface area contributed by atoms with Gasteiger partial charge in [0.2, 0.25) is 5.91 Å². The van der Waals surface area contributed by atoms with Gasteiger partial charge in [-0.1, -0.05) is 18.2 Å². The fourth-order valence-electron chi connectivity index (χ4n) is 4.36. The maximum atomic E-state index is 13.4. The molecule has 2 aromatic carbocycles. The summed E-state index contributed by atoms with van der Waals surface area (Å²) in [5.41, 5.74) is 2.47. The smallest absolute Gasteiger partial charge is 0.254 e. The van der Waals surface area contributed by atoms with Gasteiger partial charge in [0.1, 0.15) is 5.01 Å². The van der Waals surface area contributed by atoms with Crippen LogP contribution < -0.4 is 4.90 Å². The molecule has 2 fully saturated rings. The second-order valence-corrected chi connectivity index (χ2v) is 8.79. The average molecular weight is 406 g/mol. The van der Waals surface area contributed by atoms with E-state index in [0.29, 0.717) is 12.0 Å². The van der Waals surface area contributed by atoms with Gasteiger partial charge >= 0.3 is 0 Å². The Balaban J connectivity index is 1.45. The van der Waals surface area contributed by atoms with Crippen molar-refractivity contribution in [2.75, 3.05) is 18.0 Å². The average Bonchev–Trinajstić information content (AvgIpc) is 3.39. The molecule has 148 valence electrons. The highest BCUT2D eigenvalue weighted by Gasteiger charge is 2.31. The van der Waals surface area contributed by atoms with E-state index in [-0.39, 0.29) is 17.9 Å². The fourth-order valence-corrected chi connectivity index (χ4v) is 5.47. The number of hydrogen-bond donors (Lipinski definition) is 0. The van der Waals surface area contributed by atoms with Gasteiger partial charge in [-0.15, -0.1) is 11.3 Å². The largest absolute Gasteiger partial charge is 0.329 e. The third kappa shape index (κ3) is 3.42. The number of thiazole rings is 1. The molecule has 5 rings (SSSR count). The summed E-state index contributed by atoms with van der Waals surface area (Å²) in [5, 5.41) is 1.02. The molecule has 2 aliphatic rings. The molecule has 2 aliphatic heterocycles. The van der Waals surface area contributed by atoms with E-state index in [4.69, 9.17) is 4.98 Å². The number of amides is 2. The van der Waals surface area contributed by atoms with E-state index in [2.05, 4.69) is 6.07 Å². The first-order chi connectivity index (χ1) is 14.2. The Morgan fingerprint density at radius 3 is 2.76 bits per heavy atom. The van der Waals surface area contributed by atoms with Crippen LogP contribution in [0, 0.1) is 0 Å². The highest BCUT2D eigenvalue weighted by Crippen LogP contribution is 2.36. The SMILES string of the molecule is O=C1CCCN1c1cccc(C(=O)N2CCCCC2c2nc3ccccc3s2)c1. The number of hydrogen-bond acceptors (Lipinski definition) is 4. The van der Waals surface area contributed by atoms with Crippen molar-refractivity contribution in [3.63, 3.8) is 0 Å². The summed E-state index contributed by atoms with van der Waals surface area (Å²) in [5.74, 6) is 0.169. The zero-order valence-corrected chi connectivity index (χ0v) is 17.0. The Hall–Kier alpha value is -2.73. The molecule has 0 N–H and O–H groups in total. The quantitative estimate of drug-likeness (QED) is 0.629. The molecular formula is C23H23N3O2S. The number of carbonyl (C=O) groups excluding carboxylic acids is 2. The summed E-state index contributed by atoms with van der Waals surface area (Å²) in [6, 6.07) is 15.7. The van der Waals surface area contributed by atoms with Gasteiger partial charge in [0.25, 0.3) is 5.91 Å². The summed E-state index contributed by atoms with van der Waals surface area (Å²) in [6.07, 6.45) is 4.52. The predicted octanol–water partition coefficient (Wildman–Crippen LogP) is 4.79. The Morgan fingerprint density at radius 2 is 1.93 bits per heavy atom. The molecule has 3 heterocycles. The highest BCUT2D eigenvalue weighted by molar-refractivity contribution is 7.18. The number of piperidine rings is 1. The number of anilines is 1. The van der Waals surface area contributed by atoms with Crippen LogP contribution in [0.3, 0.4) is 0 Å². The second kappa shape index (κ2) is 7.59. The third-order valence-corrected chi connectivity index (χ3v) is 6.97. The lowest BCUT2D eigenvalue weighted by atomic mass is 10.0. The number of benzene rings is 2. The number of rotatable bonds is 3. The maximum Gasteiger partial charge on any atom is 0.254 e. The van der Waals surface area contributed by atoms with Crippen molar-refractivity contribution in [2.45, 2.75) is 38.1 Å². The van der Waals surface area contributed by atoms with Crippen LogP contribution in [-0.2, 0) is 4.79 Å². The monoisotopic (exact) mass is 405 g/mol. The topological polar surface area (TPSA) is 53.5 Å². The van der Waals surface area contributed by atoms with Gasteiger partial charge in [0.05, 0.1) is 16.3 Å². The highest BCUT2D eigenvalue weighted by atomic mass is 32.1. The molecule has 1 unspecified atom stereocenters. The van der Waals surface area contributed by atoms with Crippen molar-refractivity contribution in [3.8, 4) is 0 Å². The van der Waals surface area contributed by atoms with Gasteiger partial charge in [0.15, 0.2) is 0 Å². The molecule has 1 aromatic heterocycles. The molecule has 0 spiro atoms. The van der Waals surface area contributed by atoms with Crippen LogP contribution in [0.2, 0.25) is 0 Å². The maximum absolute atomic E-state index is 13.4. The molecule has 0 saturated carbocycles. The summed E-state index contributed by atoms with van der Waals surface area (Å²) < 4.78 is 1.16. The molecule has 0 bridgehead atoms. The molecule has 0 aliphatic carbocycles. The Bertz CT molecular complexity index is 1040. The predicted molar refractivity (Wildman–Crippen MR) is 115 cm³/mol. The summed E-state index contributed by atoms with van der Waals surface area (Å²) in [7, 11) is 0. The molecule has 0 radical (unpaired) electrons. The molecule has 1 atom stereocenters. The molecule has 2 amide bonds. The normalized spacial score (nSPS) is 19.9. The van der Waals surface area contributed by atoms with E-state index >= 15 is 0 Å². The fraction of sp³-hybridized carbons (Fsp3) is 0.348.